The fourth-order valence-electron chi connectivity index (χ4n) is 1.25. The molecule has 1 rings (SSSR count). The van der Waals surface area contributed by atoms with Crippen molar-refractivity contribution in [1.29, 1.82) is 0 Å². The molecule has 1 aromatic rings. The van der Waals surface area contributed by atoms with Gasteiger partial charge in [0.15, 0.2) is 0 Å². The molecule has 0 aliphatic rings. The minimum Gasteiger partial charge on any atom is -0.325 e. The summed E-state index contributed by atoms with van der Waals surface area (Å²) in [6, 6.07) is 5.02. The van der Waals surface area contributed by atoms with Crippen LogP contribution in [0.5, 0.6) is 0 Å². The van der Waals surface area contributed by atoms with E-state index in [0.717, 1.165) is 9.87 Å². The van der Waals surface area contributed by atoms with Gasteiger partial charge in [-0.05, 0) is 30.7 Å². The van der Waals surface area contributed by atoms with Gasteiger partial charge in [0, 0.05) is 24.8 Å². The van der Waals surface area contributed by atoms with Crippen molar-refractivity contribution in [2.24, 2.45) is 0 Å². The van der Waals surface area contributed by atoms with Crippen LogP contribution in [0.1, 0.15) is 5.56 Å². The predicted molar refractivity (Wildman–Crippen MR) is 75.4 cm³/mol. The molecular formula is C11H16ClN3O3S. The van der Waals surface area contributed by atoms with Gasteiger partial charge in [0.25, 0.3) is 10.2 Å². The van der Waals surface area contributed by atoms with E-state index in [0.29, 0.717) is 10.7 Å². The van der Waals surface area contributed by atoms with E-state index in [-0.39, 0.29) is 6.54 Å². The van der Waals surface area contributed by atoms with E-state index in [1.165, 1.54) is 14.1 Å². The lowest BCUT2D eigenvalue weighted by Crippen LogP contribution is -2.40. The summed E-state index contributed by atoms with van der Waals surface area (Å²) in [6.45, 7) is 1.47. The molecule has 0 aliphatic heterocycles. The summed E-state index contributed by atoms with van der Waals surface area (Å²) in [5, 5.41) is 3.18. The van der Waals surface area contributed by atoms with E-state index in [9.17, 15) is 13.2 Å². The number of rotatable bonds is 5. The maximum absolute atomic E-state index is 11.6. The van der Waals surface area contributed by atoms with Crippen LogP contribution in [0.3, 0.4) is 0 Å². The first kappa shape index (κ1) is 15.9. The molecular weight excluding hydrogens is 290 g/mol. The maximum atomic E-state index is 11.6. The number of anilines is 1. The summed E-state index contributed by atoms with van der Waals surface area (Å²) in [5.41, 5.74) is 1.40. The zero-order valence-corrected chi connectivity index (χ0v) is 12.5. The van der Waals surface area contributed by atoms with Gasteiger partial charge < -0.3 is 5.32 Å². The van der Waals surface area contributed by atoms with E-state index < -0.39 is 16.1 Å². The minimum atomic E-state index is -3.60. The Labute approximate surface area is 117 Å². The van der Waals surface area contributed by atoms with Crippen LogP contribution in [-0.4, -0.2) is 39.3 Å². The number of halogens is 1. The first-order valence-electron chi connectivity index (χ1n) is 5.45. The SMILES string of the molecule is Cc1cc(Cl)ccc1NC(=O)CNS(=O)(=O)N(C)C. The zero-order chi connectivity index (χ0) is 14.6. The lowest BCUT2D eigenvalue weighted by Gasteiger charge is -2.13. The van der Waals surface area contributed by atoms with Crippen LogP contribution < -0.4 is 10.0 Å². The highest BCUT2D eigenvalue weighted by Gasteiger charge is 2.14. The quantitative estimate of drug-likeness (QED) is 0.851. The van der Waals surface area contributed by atoms with Gasteiger partial charge in [-0.3, -0.25) is 4.79 Å². The topological polar surface area (TPSA) is 78.5 Å². The number of carbonyl (C=O) groups is 1. The number of carbonyl (C=O) groups excluding carboxylic acids is 1. The monoisotopic (exact) mass is 305 g/mol. The number of amides is 1. The molecule has 19 heavy (non-hydrogen) atoms. The number of nitrogens with zero attached hydrogens (tertiary/aromatic N) is 1. The molecule has 106 valence electrons. The Morgan fingerprint density at radius 3 is 2.53 bits per heavy atom. The van der Waals surface area contributed by atoms with Gasteiger partial charge in [-0.15, -0.1) is 0 Å². The Bertz CT molecular complexity index is 573. The Hall–Kier alpha value is -1.15. The van der Waals surface area contributed by atoms with E-state index >= 15 is 0 Å². The highest BCUT2D eigenvalue weighted by Crippen LogP contribution is 2.19. The van der Waals surface area contributed by atoms with Crippen LogP contribution in [0.25, 0.3) is 0 Å². The second-order valence-electron chi connectivity index (χ2n) is 4.12. The minimum absolute atomic E-state index is 0.331. The molecule has 0 aromatic heterocycles. The summed E-state index contributed by atoms with van der Waals surface area (Å²) in [5.74, 6) is -0.448. The standard InChI is InChI=1S/C11H16ClN3O3S/c1-8-6-9(12)4-5-10(8)14-11(16)7-13-19(17,18)15(2)3/h4-6,13H,7H2,1-3H3,(H,14,16). The van der Waals surface area contributed by atoms with Crippen molar-refractivity contribution >= 4 is 33.4 Å². The van der Waals surface area contributed by atoms with Crippen LogP contribution in [0.4, 0.5) is 5.69 Å². The molecule has 0 unspecified atom stereocenters. The Morgan fingerprint density at radius 1 is 1.37 bits per heavy atom. The molecule has 0 heterocycles. The largest absolute Gasteiger partial charge is 0.325 e. The molecule has 2 N–H and O–H groups in total. The third kappa shape index (κ3) is 4.79. The van der Waals surface area contributed by atoms with Gasteiger partial charge in [-0.25, -0.2) is 0 Å². The molecule has 0 saturated carbocycles. The average Bonchev–Trinajstić information content (AvgIpc) is 2.30. The van der Waals surface area contributed by atoms with Crippen molar-refractivity contribution in [2.75, 3.05) is 26.0 Å². The van der Waals surface area contributed by atoms with Gasteiger partial charge in [0.2, 0.25) is 5.91 Å². The normalized spacial score (nSPS) is 11.6. The average molecular weight is 306 g/mol. The van der Waals surface area contributed by atoms with Gasteiger partial charge >= 0.3 is 0 Å². The zero-order valence-electron chi connectivity index (χ0n) is 10.9. The van der Waals surface area contributed by atoms with Gasteiger partial charge in [-0.1, -0.05) is 11.6 Å². The van der Waals surface area contributed by atoms with Crippen molar-refractivity contribution < 1.29 is 13.2 Å². The number of benzene rings is 1. The van der Waals surface area contributed by atoms with Crippen molar-refractivity contribution in [1.82, 2.24) is 9.03 Å². The first-order chi connectivity index (χ1) is 8.72. The van der Waals surface area contributed by atoms with Crippen LogP contribution in [0.2, 0.25) is 5.02 Å². The second kappa shape index (κ2) is 6.33. The number of hydrogen-bond donors (Lipinski definition) is 2. The predicted octanol–water partition coefficient (Wildman–Crippen LogP) is 0.983. The fourth-order valence-corrected chi connectivity index (χ4v) is 2.05. The van der Waals surface area contributed by atoms with Crippen LogP contribution in [-0.2, 0) is 15.0 Å². The molecule has 0 saturated heterocycles. The summed E-state index contributed by atoms with van der Waals surface area (Å²) in [4.78, 5) is 11.6. The second-order valence-corrected chi connectivity index (χ2v) is 6.52. The van der Waals surface area contributed by atoms with Crippen molar-refractivity contribution in [3.63, 3.8) is 0 Å². The molecule has 1 amide bonds. The number of hydrogen-bond acceptors (Lipinski definition) is 3. The smallest absolute Gasteiger partial charge is 0.279 e. The van der Waals surface area contributed by atoms with E-state index in [1.54, 1.807) is 25.1 Å². The van der Waals surface area contributed by atoms with Crippen LogP contribution in [0, 0.1) is 6.92 Å². The van der Waals surface area contributed by atoms with Crippen molar-refractivity contribution in [2.45, 2.75) is 6.92 Å². The highest BCUT2D eigenvalue weighted by atomic mass is 35.5. The lowest BCUT2D eigenvalue weighted by molar-refractivity contribution is -0.115. The Kier molecular flexibility index (Phi) is 5.30. The van der Waals surface area contributed by atoms with Gasteiger partial charge in [0.05, 0.1) is 6.54 Å². The third-order valence-corrected chi connectivity index (χ3v) is 4.06. The van der Waals surface area contributed by atoms with E-state index in [1.807, 2.05) is 0 Å². The molecule has 0 aliphatic carbocycles. The molecule has 0 fully saturated rings. The van der Waals surface area contributed by atoms with Crippen molar-refractivity contribution in [3.05, 3.63) is 28.8 Å². The van der Waals surface area contributed by atoms with E-state index in [4.69, 9.17) is 11.6 Å². The molecule has 8 heteroatoms. The summed E-state index contributed by atoms with van der Waals surface area (Å²) >= 11 is 5.80. The molecule has 0 spiro atoms. The summed E-state index contributed by atoms with van der Waals surface area (Å²) in [6.07, 6.45) is 0. The Balaban J connectivity index is 2.62. The van der Waals surface area contributed by atoms with Crippen LogP contribution in [0.15, 0.2) is 18.2 Å². The van der Waals surface area contributed by atoms with Crippen LogP contribution >= 0.6 is 11.6 Å². The number of aryl methyl sites for hydroxylation is 1. The van der Waals surface area contributed by atoms with E-state index in [2.05, 4.69) is 10.0 Å². The molecule has 6 nitrogen and oxygen atoms in total. The molecule has 0 bridgehead atoms. The third-order valence-electron chi connectivity index (χ3n) is 2.36. The first-order valence-corrected chi connectivity index (χ1v) is 7.27. The summed E-state index contributed by atoms with van der Waals surface area (Å²) < 4.78 is 26.0. The number of nitrogens with one attached hydrogen (secondary N) is 2. The Morgan fingerprint density at radius 2 is 2.00 bits per heavy atom. The highest BCUT2D eigenvalue weighted by molar-refractivity contribution is 7.87. The van der Waals surface area contributed by atoms with Crippen molar-refractivity contribution in [3.8, 4) is 0 Å². The molecule has 0 radical (unpaired) electrons. The van der Waals surface area contributed by atoms with Gasteiger partial charge in [-0.2, -0.15) is 17.4 Å². The molecule has 1 aromatic carbocycles. The maximum Gasteiger partial charge on any atom is 0.279 e. The summed E-state index contributed by atoms with van der Waals surface area (Å²) in [7, 11) is -0.844. The lowest BCUT2D eigenvalue weighted by atomic mass is 10.2. The molecule has 0 atom stereocenters. The fraction of sp³-hybridized carbons (Fsp3) is 0.364. The van der Waals surface area contributed by atoms with Gasteiger partial charge in [0.1, 0.15) is 0 Å².